The molecule has 0 spiro atoms. The Hall–Kier alpha value is -0.100. The predicted octanol–water partition coefficient (Wildman–Crippen LogP) is 1.47. The summed E-state index contributed by atoms with van der Waals surface area (Å²) in [6, 6.07) is 0. The first-order chi connectivity index (χ1) is 10.8. The van der Waals surface area contributed by atoms with E-state index in [0.717, 1.165) is 13.0 Å². The lowest BCUT2D eigenvalue weighted by atomic mass is 10.1. The number of hydrogen-bond acceptors (Lipinski definition) is 1. The Balaban J connectivity index is 0.00000484. The summed E-state index contributed by atoms with van der Waals surface area (Å²) in [5.74, 6) is 0. The normalized spacial score (nSPS) is 12.1. The van der Waals surface area contributed by atoms with Crippen molar-refractivity contribution in [3.63, 3.8) is 0 Å². The molecule has 1 rings (SSSR count). The largest absolute Gasteiger partial charge is 1.00 e. The molecule has 0 radical (unpaired) electrons. The van der Waals surface area contributed by atoms with Gasteiger partial charge < -0.3 is 29.1 Å². The molecular formula is C19H37IN2O. The van der Waals surface area contributed by atoms with Gasteiger partial charge in [-0.25, -0.2) is 9.13 Å². The first-order valence-corrected chi connectivity index (χ1v) is 9.49. The molecule has 0 aliphatic heterocycles. The number of aliphatic hydroxyl groups is 1. The van der Waals surface area contributed by atoms with Gasteiger partial charge in [0, 0.05) is 0 Å². The van der Waals surface area contributed by atoms with Crippen molar-refractivity contribution in [1.82, 2.24) is 4.57 Å². The van der Waals surface area contributed by atoms with E-state index in [2.05, 4.69) is 34.8 Å². The van der Waals surface area contributed by atoms with Crippen LogP contribution in [-0.4, -0.2) is 15.8 Å². The molecule has 0 unspecified atom stereocenters. The zero-order chi connectivity index (χ0) is 16.0. The number of unbranched alkanes of at least 4 members (excludes halogenated alkanes) is 9. The van der Waals surface area contributed by atoms with Crippen molar-refractivity contribution < 1.29 is 33.7 Å². The van der Waals surface area contributed by atoms with Crippen molar-refractivity contribution in [3.8, 4) is 0 Å². The molecule has 0 aromatic carbocycles. The van der Waals surface area contributed by atoms with Crippen molar-refractivity contribution in [2.75, 3.05) is 0 Å². The van der Waals surface area contributed by atoms with E-state index in [4.69, 9.17) is 0 Å². The lowest BCUT2D eigenvalue weighted by molar-refractivity contribution is -0.703. The number of aliphatic hydroxyl groups excluding tert-OH is 1. The summed E-state index contributed by atoms with van der Waals surface area (Å²) in [7, 11) is 0. The molecule has 1 heterocycles. The van der Waals surface area contributed by atoms with Crippen LogP contribution in [0, 0.1) is 0 Å². The Kier molecular flexibility index (Phi) is 15.4. The summed E-state index contributed by atoms with van der Waals surface area (Å²) in [6.07, 6.45) is 20.7. The van der Waals surface area contributed by atoms with Crippen LogP contribution >= 0.6 is 0 Å². The molecule has 1 aromatic rings. The maximum Gasteiger partial charge on any atom is 0.243 e. The molecule has 3 nitrogen and oxygen atoms in total. The Morgan fingerprint density at radius 1 is 0.913 bits per heavy atom. The van der Waals surface area contributed by atoms with Gasteiger partial charge in [0.1, 0.15) is 18.9 Å². The van der Waals surface area contributed by atoms with E-state index in [1.807, 2.05) is 6.92 Å². The maximum absolute atomic E-state index is 9.66. The van der Waals surface area contributed by atoms with Gasteiger partial charge in [0.15, 0.2) is 0 Å². The SMILES string of the molecule is CCCCCCCCCCCCn1cc[n+](C[C@@H](O)CC)c1.[I-]. The summed E-state index contributed by atoms with van der Waals surface area (Å²) in [5.41, 5.74) is 0. The summed E-state index contributed by atoms with van der Waals surface area (Å²) in [6.45, 7) is 6.11. The number of halogens is 1. The number of imidazole rings is 1. The smallest absolute Gasteiger partial charge is 0.243 e. The van der Waals surface area contributed by atoms with Crippen LogP contribution in [0.15, 0.2) is 18.7 Å². The fraction of sp³-hybridized carbons (Fsp3) is 0.842. The molecule has 0 saturated heterocycles. The highest BCUT2D eigenvalue weighted by Crippen LogP contribution is 2.10. The van der Waals surface area contributed by atoms with Crippen LogP contribution in [0.25, 0.3) is 0 Å². The second-order valence-corrected chi connectivity index (χ2v) is 6.59. The molecule has 1 N–H and O–H groups in total. The minimum atomic E-state index is -0.224. The van der Waals surface area contributed by atoms with Gasteiger partial charge in [-0.3, -0.25) is 0 Å². The van der Waals surface area contributed by atoms with Crippen molar-refractivity contribution in [1.29, 1.82) is 0 Å². The van der Waals surface area contributed by atoms with Crippen molar-refractivity contribution in [3.05, 3.63) is 18.7 Å². The number of nitrogens with zero attached hydrogens (tertiary/aromatic N) is 2. The topological polar surface area (TPSA) is 29.0 Å². The lowest BCUT2D eigenvalue weighted by Crippen LogP contribution is -3.00. The zero-order valence-electron chi connectivity index (χ0n) is 15.2. The van der Waals surface area contributed by atoms with Gasteiger partial charge in [-0.1, -0.05) is 65.2 Å². The van der Waals surface area contributed by atoms with E-state index in [0.29, 0.717) is 6.54 Å². The van der Waals surface area contributed by atoms with Gasteiger partial charge in [-0.15, -0.1) is 0 Å². The van der Waals surface area contributed by atoms with Crippen LogP contribution in [0.4, 0.5) is 0 Å². The highest BCUT2D eigenvalue weighted by molar-refractivity contribution is 4.66. The van der Waals surface area contributed by atoms with Crippen LogP contribution in [0.5, 0.6) is 0 Å². The van der Waals surface area contributed by atoms with Crippen LogP contribution in [-0.2, 0) is 13.1 Å². The van der Waals surface area contributed by atoms with Crippen molar-refractivity contribution >= 4 is 0 Å². The fourth-order valence-corrected chi connectivity index (χ4v) is 2.83. The average Bonchev–Trinajstić information content (AvgIpc) is 2.96. The molecule has 136 valence electrons. The van der Waals surface area contributed by atoms with E-state index >= 15 is 0 Å². The molecule has 1 atom stereocenters. The minimum absolute atomic E-state index is 0. The quantitative estimate of drug-likeness (QED) is 0.267. The van der Waals surface area contributed by atoms with Gasteiger partial charge >= 0.3 is 0 Å². The third kappa shape index (κ3) is 12.0. The third-order valence-corrected chi connectivity index (χ3v) is 4.41. The molecule has 0 fully saturated rings. The number of aromatic nitrogens is 2. The standard InChI is InChI=1S/C19H37N2O.HI/c1-3-5-6-7-8-9-10-11-12-13-14-20-15-16-21(18-20)17-19(22)4-2;/h15-16,18-19,22H,3-14,17H2,1-2H3;1H/q+1;/p-1/t19-;/m0./s1. The maximum atomic E-state index is 9.66. The fourth-order valence-electron chi connectivity index (χ4n) is 2.83. The van der Waals surface area contributed by atoms with Crippen LogP contribution in [0.3, 0.4) is 0 Å². The van der Waals surface area contributed by atoms with E-state index < -0.39 is 0 Å². The van der Waals surface area contributed by atoms with Crippen molar-refractivity contribution in [2.24, 2.45) is 0 Å². The van der Waals surface area contributed by atoms with Gasteiger partial charge in [0.25, 0.3) is 0 Å². The first kappa shape index (κ1) is 22.9. The Labute approximate surface area is 160 Å². The molecule has 0 aliphatic rings. The summed E-state index contributed by atoms with van der Waals surface area (Å²) in [5, 5.41) is 9.66. The van der Waals surface area contributed by atoms with Crippen LogP contribution in [0.1, 0.15) is 84.5 Å². The molecule has 0 saturated carbocycles. The summed E-state index contributed by atoms with van der Waals surface area (Å²) < 4.78 is 4.33. The minimum Gasteiger partial charge on any atom is -1.00 e. The first-order valence-electron chi connectivity index (χ1n) is 9.49. The molecular weight excluding hydrogens is 399 g/mol. The lowest BCUT2D eigenvalue weighted by Gasteiger charge is -2.03. The highest BCUT2D eigenvalue weighted by atomic mass is 127. The monoisotopic (exact) mass is 436 g/mol. The Morgan fingerprint density at radius 2 is 1.48 bits per heavy atom. The Bertz CT molecular complexity index is 368. The van der Waals surface area contributed by atoms with Crippen molar-refractivity contribution in [2.45, 2.75) is 104 Å². The summed E-state index contributed by atoms with van der Waals surface area (Å²) in [4.78, 5) is 0. The Morgan fingerprint density at radius 3 is 2.04 bits per heavy atom. The predicted molar refractivity (Wildman–Crippen MR) is 92.8 cm³/mol. The molecule has 0 aliphatic carbocycles. The zero-order valence-corrected chi connectivity index (χ0v) is 17.4. The van der Waals surface area contributed by atoms with E-state index in [-0.39, 0.29) is 30.1 Å². The second kappa shape index (κ2) is 15.4. The molecule has 1 aromatic heterocycles. The second-order valence-electron chi connectivity index (χ2n) is 6.59. The number of rotatable bonds is 14. The molecule has 0 bridgehead atoms. The third-order valence-electron chi connectivity index (χ3n) is 4.41. The van der Waals surface area contributed by atoms with Gasteiger partial charge in [-0.2, -0.15) is 0 Å². The average molecular weight is 436 g/mol. The van der Waals surface area contributed by atoms with E-state index in [9.17, 15) is 5.11 Å². The molecule has 4 heteroatoms. The van der Waals surface area contributed by atoms with E-state index in [1.54, 1.807) is 0 Å². The molecule has 0 amide bonds. The van der Waals surface area contributed by atoms with Gasteiger partial charge in [0.05, 0.1) is 12.6 Å². The summed E-state index contributed by atoms with van der Waals surface area (Å²) >= 11 is 0. The molecule has 23 heavy (non-hydrogen) atoms. The number of hydrogen-bond donors (Lipinski definition) is 1. The van der Waals surface area contributed by atoms with E-state index in [1.165, 1.54) is 64.2 Å². The van der Waals surface area contributed by atoms with Crippen LogP contribution in [0.2, 0.25) is 0 Å². The number of aryl methyl sites for hydroxylation is 1. The van der Waals surface area contributed by atoms with Gasteiger partial charge in [-0.05, 0) is 19.3 Å². The highest BCUT2D eigenvalue weighted by Gasteiger charge is 2.08. The van der Waals surface area contributed by atoms with Gasteiger partial charge in [0.2, 0.25) is 6.33 Å². The van der Waals surface area contributed by atoms with Crippen LogP contribution < -0.4 is 28.5 Å².